The van der Waals surface area contributed by atoms with E-state index in [0.29, 0.717) is 18.8 Å². The van der Waals surface area contributed by atoms with Gasteiger partial charge >= 0.3 is 0 Å². The third-order valence-corrected chi connectivity index (χ3v) is 2.94. The van der Waals surface area contributed by atoms with Crippen LogP contribution in [0, 0.1) is 0 Å². The van der Waals surface area contributed by atoms with Crippen LogP contribution in [0.2, 0.25) is 0 Å². The number of nitrogens with zero attached hydrogens (tertiary/aromatic N) is 3. The molecular formula is C13H12N4O. The molecule has 1 aliphatic heterocycles. The molecule has 3 rings (SSSR count). The molecule has 0 saturated heterocycles. The first-order chi connectivity index (χ1) is 8.74. The van der Waals surface area contributed by atoms with Crippen LogP contribution in [-0.4, -0.2) is 15.9 Å². The third kappa shape index (κ3) is 1.79. The Balaban J connectivity index is 1.94. The topological polar surface area (TPSA) is 72.1 Å². The summed E-state index contributed by atoms with van der Waals surface area (Å²) in [6.07, 6.45) is 1.98. The Kier molecular flexibility index (Phi) is 2.44. The fourth-order valence-electron chi connectivity index (χ4n) is 2.07. The van der Waals surface area contributed by atoms with Gasteiger partial charge < -0.3 is 5.73 Å². The minimum absolute atomic E-state index is 0.0359. The van der Waals surface area contributed by atoms with Crippen LogP contribution in [0.4, 0.5) is 11.8 Å². The highest BCUT2D eigenvalue weighted by Crippen LogP contribution is 2.27. The second-order valence-electron chi connectivity index (χ2n) is 4.22. The van der Waals surface area contributed by atoms with Crippen molar-refractivity contribution in [2.45, 2.75) is 13.0 Å². The number of nitrogen functional groups attached to an aromatic ring is 1. The summed E-state index contributed by atoms with van der Waals surface area (Å²) in [5, 5.41) is 0. The van der Waals surface area contributed by atoms with E-state index in [0.717, 1.165) is 11.1 Å². The van der Waals surface area contributed by atoms with Gasteiger partial charge in [-0.3, -0.25) is 9.69 Å². The van der Waals surface area contributed by atoms with Crippen LogP contribution in [0.1, 0.15) is 11.1 Å². The van der Waals surface area contributed by atoms with Crippen LogP contribution in [0.25, 0.3) is 0 Å². The van der Waals surface area contributed by atoms with Gasteiger partial charge in [-0.1, -0.05) is 30.3 Å². The quantitative estimate of drug-likeness (QED) is 0.854. The molecule has 1 aliphatic rings. The maximum absolute atomic E-state index is 12.0. The summed E-state index contributed by atoms with van der Waals surface area (Å²) in [7, 11) is 0. The van der Waals surface area contributed by atoms with E-state index in [4.69, 9.17) is 5.73 Å². The first-order valence-electron chi connectivity index (χ1n) is 5.70. The fraction of sp³-hybridized carbons (Fsp3) is 0.154. The molecule has 0 spiro atoms. The van der Waals surface area contributed by atoms with Gasteiger partial charge in [0.15, 0.2) is 0 Å². The number of rotatable bonds is 2. The SMILES string of the molecule is Nc1ncc2c(n1)N(Cc1ccccc1)C(=O)C2. The van der Waals surface area contributed by atoms with Crippen molar-refractivity contribution in [1.29, 1.82) is 0 Å². The second-order valence-corrected chi connectivity index (χ2v) is 4.22. The highest BCUT2D eigenvalue weighted by atomic mass is 16.2. The smallest absolute Gasteiger partial charge is 0.233 e. The molecule has 0 aliphatic carbocycles. The largest absolute Gasteiger partial charge is 0.368 e. The Morgan fingerprint density at radius 2 is 2.06 bits per heavy atom. The van der Waals surface area contributed by atoms with E-state index >= 15 is 0 Å². The Hall–Kier alpha value is -2.43. The summed E-state index contributed by atoms with van der Waals surface area (Å²) in [5.41, 5.74) is 7.48. The molecule has 2 aromatic rings. The fourth-order valence-corrected chi connectivity index (χ4v) is 2.07. The molecule has 18 heavy (non-hydrogen) atoms. The van der Waals surface area contributed by atoms with Crippen molar-refractivity contribution in [3.8, 4) is 0 Å². The van der Waals surface area contributed by atoms with Crippen molar-refractivity contribution in [2.75, 3.05) is 10.6 Å². The number of hydrogen-bond donors (Lipinski definition) is 1. The molecule has 5 heteroatoms. The van der Waals surface area contributed by atoms with Gasteiger partial charge in [0.1, 0.15) is 5.82 Å². The summed E-state index contributed by atoms with van der Waals surface area (Å²) < 4.78 is 0. The maximum Gasteiger partial charge on any atom is 0.233 e. The van der Waals surface area contributed by atoms with E-state index < -0.39 is 0 Å². The molecule has 2 N–H and O–H groups in total. The lowest BCUT2D eigenvalue weighted by Crippen LogP contribution is -2.26. The van der Waals surface area contributed by atoms with Crippen LogP contribution < -0.4 is 10.6 Å². The van der Waals surface area contributed by atoms with Gasteiger partial charge in [-0.2, -0.15) is 4.98 Å². The molecule has 0 atom stereocenters. The van der Waals surface area contributed by atoms with Crippen LogP contribution in [0.5, 0.6) is 0 Å². The van der Waals surface area contributed by atoms with Crippen LogP contribution >= 0.6 is 0 Å². The predicted molar refractivity (Wildman–Crippen MR) is 67.8 cm³/mol. The Morgan fingerprint density at radius 3 is 2.83 bits per heavy atom. The number of benzene rings is 1. The standard InChI is InChI=1S/C13H12N4O/c14-13-15-7-10-6-11(18)17(12(10)16-13)8-9-4-2-1-3-5-9/h1-5,7H,6,8H2,(H2,14,15,16). The van der Waals surface area contributed by atoms with Crippen molar-refractivity contribution in [3.63, 3.8) is 0 Å². The van der Waals surface area contributed by atoms with E-state index in [1.54, 1.807) is 11.1 Å². The molecular weight excluding hydrogens is 228 g/mol. The number of nitrogens with two attached hydrogens (primary N) is 1. The molecule has 0 unspecified atom stereocenters. The maximum atomic E-state index is 12.0. The lowest BCUT2D eigenvalue weighted by atomic mass is 10.2. The predicted octanol–water partition coefficient (Wildman–Crippen LogP) is 1.15. The van der Waals surface area contributed by atoms with Gasteiger partial charge in [0.25, 0.3) is 0 Å². The van der Waals surface area contributed by atoms with E-state index in [2.05, 4.69) is 9.97 Å². The molecule has 5 nitrogen and oxygen atoms in total. The highest BCUT2D eigenvalue weighted by molar-refractivity contribution is 6.00. The van der Waals surface area contributed by atoms with Gasteiger partial charge in [-0.25, -0.2) is 4.98 Å². The molecule has 0 radical (unpaired) electrons. The lowest BCUT2D eigenvalue weighted by Gasteiger charge is -2.16. The summed E-state index contributed by atoms with van der Waals surface area (Å²) in [5.74, 6) is 0.867. The number of hydrogen-bond acceptors (Lipinski definition) is 4. The van der Waals surface area contributed by atoms with Crippen LogP contribution in [-0.2, 0) is 17.8 Å². The number of fused-ring (bicyclic) bond motifs is 1. The number of carbonyl (C=O) groups excluding carboxylic acids is 1. The zero-order chi connectivity index (χ0) is 12.5. The summed E-state index contributed by atoms with van der Waals surface area (Å²) >= 11 is 0. The van der Waals surface area contributed by atoms with Gasteiger partial charge in [0.2, 0.25) is 11.9 Å². The molecule has 0 saturated carbocycles. The van der Waals surface area contributed by atoms with Gasteiger partial charge in [-0.15, -0.1) is 0 Å². The first kappa shape index (κ1) is 10.7. The van der Waals surface area contributed by atoms with E-state index in [-0.39, 0.29) is 11.9 Å². The normalized spacial score (nSPS) is 13.8. The van der Waals surface area contributed by atoms with Crippen LogP contribution in [0.15, 0.2) is 36.5 Å². The summed E-state index contributed by atoms with van der Waals surface area (Å²) in [6.45, 7) is 0.517. The van der Waals surface area contributed by atoms with Gasteiger partial charge in [0, 0.05) is 11.8 Å². The van der Waals surface area contributed by atoms with Gasteiger partial charge in [0.05, 0.1) is 13.0 Å². The average molecular weight is 240 g/mol. The van der Waals surface area contributed by atoms with Crippen LogP contribution in [0.3, 0.4) is 0 Å². The zero-order valence-electron chi connectivity index (χ0n) is 9.71. The molecule has 2 heterocycles. The van der Waals surface area contributed by atoms with Gasteiger partial charge in [-0.05, 0) is 5.56 Å². The van der Waals surface area contributed by atoms with E-state index in [9.17, 15) is 4.79 Å². The lowest BCUT2D eigenvalue weighted by molar-refractivity contribution is -0.117. The number of anilines is 2. The molecule has 0 bridgehead atoms. The molecule has 0 fully saturated rings. The monoisotopic (exact) mass is 240 g/mol. The second kappa shape index (κ2) is 4.10. The minimum atomic E-state index is 0.0359. The first-order valence-corrected chi connectivity index (χ1v) is 5.70. The Morgan fingerprint density at radius 1 is 1.28 bits per heavy atom. The molecule has 1 amide bonds. The highest BCUT2D eigenvalue weighted by Gasteiger charge is 2.29. The molecule has 1 aromatic heterocycles. The summed E-state index contributed by atoms with van der Waals surface area (Å²) in [4.78, 5) is 21.7. The minimum Gasteiger partial charge on any atom is -0.368 e. The van der Waals surface area contributed by atoms with Crippen molar-refractivity contribution < 1.29 is 4.79 Å². The third-order valence-electron chi connectivity index (χ3n) is 2.94. The van der Waals surface area contributed by atoms with Crippen molar-refractivity contribution in [2.24, 2.45) is 0 Å². The molecule has 90 valence electrons. The number of carbonyl (C=O) groups is 1. The number of amides is 1. The van der Waals surface area contributed by atoms with E-state index in [1.165, 1.54) is 0 Å². The van der Waals surface area contributed by atoms with E-state index in [1.807, 2.05) is 30.3 Å². The van der Waals surface area contributed by atoms with Crippen molar-refractivity contribution >= 4 is 17.7 Å². The average Bonchev–Trinajstić information content (AvgIpc) is 2.67. The molecule has 1 aromatic carbocycles. The zero-order valence-corrected chi connectivity index (χ0v) is 9.71. The summed E-state index contributed by atoms with van der Waals surface area (Å²) in [6, 6.07) is 9.81. The number of aromatic nitrogens is 2. The van der Waals surface area contributed by atoms with Crippen molar-refractivity contribution in [1.82, 2.24) is 9.97 Å². The Labute approximate surface area is 104 Å². The van der Waals surface area contributed by atoms with Crippen molar-refractivity contribution in [3.05, 3.63) is 47.7 Å². The Bertz CT molecular complexity index is 597.